The molecule has 0 amide bonds. The third kappa shape index (κ3) is 8.36. The summed E-state index contributed by atoms with van der Waals surface area (Å²) in [5.74, 6) is 0.944. The zero-order valence-electron chi connectivity index (χ0n) is 17.8. The van der Waals surface area contributed by atoms with Crippen molar-refractivity contribution >= 4 is 5.96 Å². The van der Waals surface area contributed by atoms with Gasteiger partial charge in [-0.25, -0.2) is 0 Å². The highest BCUT2D eigenvalue weighted by Crippen LogP contribution is 2.39. The lowest BCUT2D eigenvalue weighted by Gasteiger charge is -2.35. The molecule has 3 N–H and O–H groups in total. The highest BCUT2D eigenvalue weighted by molar-refractivity contribution is 5.79. The molecule has 0 atom stereocenters. The second-order valence-electron chi connectivity index (χ2n) is 8.51. The third-order valence-electron chi connectivity index (χ3n) is 6.26. The zero-order chi connectivity index (χ0) is 19.4. The van der Waals surface area contributed by atoms with Gasteiger partial charge in [0, 0.05) is 52.4 Å². The number of hydrogen-bond acceptors (Lipinski definition) is 4. The maximum atomic E-state index is 9.49. The van der Waals surface area contributed by atoms with E-state index in [1.165, 1.54) is 77.7 Å². The summed E-state index contributed by atoms with van der Waals surface area (Å²) in [5.41, 5.74) is 0.219. The number of rotatable bonds is 10. The van der Waals surface area contributed by atoms with E-state index in [9.17, 15) is 5.11 Å². The number of guanidine groups is 1. The lowest BCUT2D eigenvalue weighted by Crippen LogP contribution is -2.44. The molecular weight excluding hydrogens is 338 g/mol. The van der Waals surface area contributed by atoms with Gasteiger partial charge in [0.1, 0.15) is 0 Å². The van der Waals surface area contributed by atoms with Crippen LogP contribution in [0.5, 0.6) is 0 Å². The Morgan fingerprint density at radius 2 is 1.78 bits per heavy atom. The number of aliphatic hydroxyl groups excluding tert-OH is 1. The first-order valence-electron chi connectivity index (χ1n) is 11.2. The van der Waals surface area contributed by atoms with Gasteiger partial charge >= 0.3 is 0 Å². The van der Waals surface area contributed by atoms with Crippen molar-refractivity contribution in [1.29, 1.82) is 0 Å². The van der Waals surface area contributed by atoms with Gasteiger partial charge in [-0.3, -0.25) is 4.99 Å². The molecule has 1 aliphatic heterocycles. The minimum absolute atomic E-state index is 0.219. The molecule has 1 saturated heterocycles. The van der Waals surface area contributed by atoms with E-state index in [4.69, 9.17) is 4.99 Å². The predicted molar refractivity (Wildman–Crippen MR) is 114 cm³/mol. The lowest BCUT2D eigenvalue weighted by atomic mass is 9.72. The van der Waals surface area contributed by atoms with E-state index >= 15 is 0 Å². The molecule has 6 nitrogen and oxygen atoms in total. The molecule has 0 radical (unpaired) electrons. The summed E-state index contributed by atoms with van der Waals surface area (Å²) in [6.07, 6.45) is 9.63. The molecule has 27 heavy (non-hydrogen) atoms. The van der Waals surface area contributed by atoms with Crippen LogP contribution in [0.25, 0.3) is 0 Å². The molecule has 0 spiro atoms. The Hall–Kier alpha value is -0.850. The van der Waals surface area contributed by atoms with E-state index in [1.807, 2.05) is 0 Å². The molecule has 0 aromatic rings. The Morgan fingerprint density at radius 3 is 2.44 bits per heavy atom. The molecule has 2 aliphatic rings. The van der Waals surface area contributed by atoms with Crippen LogP contribution in [0.1, 0.15) is 58.3 Å². The first-order chi connectivity index (χ1) is 13.2. The summed E-state index contributed by atoms with van der Waals surface area (Å²) in [7, 11) is 2.21. The van der Waals surface area contributed by atoms with Crippen molar-refractivity contribution in [3.63, 3.8) is 0 Å². The number of unbranched alkanes of at least 4 members (excludes halogenated alkanes) is 1. The van der Waals surface area contributed by atoms with Crippen LogP contribution in [0.3, 0.4) is 0 Å². The molecule has 0 unspecified atom stereocenters. The summed E-state index contributed by atoms with van der Waals surface area (Å²) < 4.78 is 0. The van der Waals surface area contributed by atoms with Crippen LogP contribution in [-0.2, 0) is 0 Å². The van der Waals surface area contributed by atoms with E-state index in [1.54, 1.807) is 0 Å². The van der Waals surface area contributed by atoms with Crippen molar-refractivity contribution in [1.82, 2.24) is 20.4 Å². The molecule has 0 bridgehead atoms. The average molecular weight is 382 g/mol. The second-order valence-corrected chi connectivity index (χ2v) is 8.51. The number of nitrogens with zero attached hydrogens (tertiary/aromatic N) is 3. The SMILES string of the molecule is CCNC(=NCC1(CCO)CCCCC1)NCCCCN1CCN(C)CC1. The monoisotopic (exact) mass is 381 g/mol. The van der Waals surface area contributed by atoms with Crippen molar-refractivity contribution in [2.24, 2.45) is 10.4 Å². The molecule has 1 aliphatic carbocycles. The zero-order valence-corrected chi connectivity index (χ0v) is 17.8. The fourth-order valence-electron chi connectivity index (χ4n) is 4.35. The maximum Gasteiger partial charge on any atom is 0.191 e. The number of aliphatic imine (C=N–C) groups is 1. The standard InChI is InChI=1S/C21H43N5O/c1-3-22-20(24-19-21(11-18-27)9-5-4-6-10-21)23-12-7-8-13-26-16-14-25(2)15-17-26/h27H,3-19H2,1-2H3,(H2,22,23,24). The molecular formula is C21H43N5O. The highest BCUT2D eigenvalue weighted by Gasteiger charge is 2.31. The first kappa shape index (κ1) is 22.4. The van der Waals surface area contributed by atoms with Crippen LogP contribution in [0.2, 0.25) is 0 Å². The first-order valence-corrected chi connectivity index (χ1v) is 11.2. The molecule has 6 heteroatoms. The molecule has 1 saturated carbocycles. The van der Waals surface area contributed by atoms with E-state index in [0.29, 0.717) is 0 Å². The van der Waals surface area contributed by atoms with Crippen LogP contribution in [-0.4, -0.2) is 86.9 Å². The molecule has 2 rings (SSSR count). The van der Waals surface area contributed by atoms with Crippen molar-refractivity contribution in [2.45, 2.75) is 58.3 Å². The largest absolute Gasteiger partial charge is 0.396 e. The van der Waals surface area contributed by atoms with Crippen LogP contribution >= 0.6 is 0 Å². The van der Waals surface area contributed by atoms with Crippen LogP contribution in [0, 0.1) is 5.41 Å². The smallest absolute Gasteiger partial charge is 0.191 e. The molecule has 1 heterocycles. The van der Waals surface area contributed by atoms with Crippen LogP contribution in [0.4, 0.5) is 0 Å². The summed E-state index contributed by atoms with van der Waals surface area (Å²) >= 11 is 0. The number of nitrogens with one attached hydrogen (secondary N) is 2. The number of aliphatic hydroxyl groups is 1. The summed E-state index contributed by atoms with van der Waals surface area (Å²) in [6, 6.07) is 0. The van der Waals surface area contributed by atoms with Crippen LogP contribution in [0.15, 0.2) is 4.99 Å². The molecule has 0 aromatic carbocycles. The number of hydrogen-bond donors (Lipinski definition) is 3. The van der Waals surface area contributed by atoms with Crippen molar-refractivity contribution in [2.75, 3.05) is 66.0 Å². The highest BCUT2D eigenvalue weighted by atomic mass is 16.3. The Balaban J connectivity index is 1.69. The van der Waals surface area contributed by atoms with Gasteiger partial charge in [0.25, 0.3) is 0 Å². The number of likely N-dealkylation sites (N-methyl/N-ethyl adjacent to an activating group) is 1. The van der Waals surface area contributed by atoms with Gasteiger partial charge in [0.2, 0.25) is 0 Å². The molecule has 0 aromatic heterocycles. The minimum atomic E-state index is 0.219. The van der Waals surface area contributed by atoms with Gasteiger partial charge in [-0.2, -0.15) is 0 Å². The quantitative estimate of drug-likeness (QED) is 0.306. The van der Waals surface area contributed by atoms with Gasteiger partial charge in [-0.05, 0) is 58.0 Å². The fourth-order valence-corrected chi connectivity index (χ4v) is 4.35. The van der Waals surface area contributed by atoms with Crippen molar-refractivity contribution < 1.29 is 5.11 Å². The topological polar surface area (TPSA) is 63.1 Å². The summed E-state index contributed by atoms with van der Waals surface area (Å²) in [6.45, 7) is 11.1. The van der Waals surface area contributed by atoms with E-state index in [0.717, 1.165) is 32.0 Å². The summed E-state index contributed by atoms with van der Waals surface area (Å²) in [5, 5.41) is 16.4. The van der Waals surface area contributed by atoms with Crippen molar-refractivity contribution in [3.8, 4) is 0 Å². The average Bonchev–Trinajstić information content (AvgIpc) is 2.68. The van der Waals surface area contributed by atoms with Gasteiger partial charge in [-0.1, -0.05) is 19.3 Å². The molecule has 158 valence electrons. The van der Waals surface area contributed by atoms with E-state index in [2.05, 4.69) is 34.4 Å². The van der Waals surface area contributed by atoms with Gasteiger partial charge in [0.15, 0.2) is 5.96 Å². The maximum absolute atomic E-state index is 9.49. The van der Waals surface area contributed by atoms with E-state index in [-0.39, 0.29) is 12.0 Å². The van der Waals surface area contributed by atoms with Crippen molar-refractivity contribution in [3.05, 3.63) is 0 Å². The van der Waals surface area contributed by atoms with Gasteiger partial charge in [-0.15, -0.1) is 0 Å². The van der Waals surface area contributed by atoms with Crippen LogP contribution < -0.4 is 10.6 Å². The Kier molecular flexibility index (Phi) is 10.5. The Labute approximate surface area is 166 Å². The third-order valence-corrected chi connectivity index (χ3v) is 6.26. The number of piperazine rings is 1. The summed E-state index contributed by atoms with van der Waals surface area (Å²) in [4.78, 5) is 9.89. The van der Waals surface area contributed by atoms with E-state index < -0.39 is 0 Å². The van der Waals surface area contributed by atoms with Gasteiger partial charge in [0.05, 0.1) is 0 Å². The Morgan fingerprint density at radius 1 is 1.04 bits per heavy atom. The fraction of sp³-hybridized carbons (Fsp3) is 0.952. The lowest BCUT2D eigenvalue weighted by molar-refractivity contribution is 0.137. The Bertz CT molecular complexity index is 409. The second kappa shape index (κ2) is 12.6. The predicted octanol–water partition coefficient (Wildman–Crippen LogP) is 1.90. The minimum Gasteiger partial charge on any atom is -0.396 e. The molecule has 2 fully saturated rings. The van der Waals surface area contributed by atoms with Gasteiger partial charge < -0.3 is 25.5 Å². The normalized spacial score (nSPS) is 22.0.